The maximum atomic E-state index is 10.7. The molecular formula is C12H22O2. The summed E-state index contributed by atoms with van der Waals surface area (Å²) in [7, 11) is 0. The topological polar surface area (TPSA) is 37.3 Å². The molecule has 0 spiro atoms. The number of aliphatic carboxylic acids is 1. The number of carboxylic acid groups (broad SMARTS) is 1. The van der Waals surface area contributed by atoms with E-state index in [2.05, 4.69) is 20.8 Å². The Bertz CT molecular complexity index is 198. The number of rotatable bonds is 3. The lowest BCUT2D eigenvalue weighted by Crippen LogP contribution is -2.27. The molecule has 0 aromatic heterocycles. The van der Waals surface area contributed by atoms with Gasteiger partial charge in [0.1, 0.15) is 0 Å². The van der Waals surface area contributed by atoms with Gasteiger partial charge in [0.25, 0.3) is 0 Å². The van der Waals surface area contributed by atoms with E-state index in [0.29, 0.717) is 24.2 Å². The van der Waals surface area contributed by atoms with E-state index in [1.807, 2.05) is 0 Å². The van der Waals surface area contributed by atoms with Gasteiger partial charge >= 0.3 is 5.97 Å². The molecule has 0 saturated heterocycles. The van der Waals surface area contributed by atoms with Gasteiger partial charge in [0.05, 0.1) is 0 Å². The van der Waals surface area contributed by atoms with E-state index in [1.165, 1.54) is 12.8 Å². The zero-order chi connectivity index (χ0) is 10.7. The summed E-state index contributed by atoms with van der Waals surface area (Å²) in [5.41, 5.74) is 0. The SMILES string of the molecule is CC(C)[C@@H]1CC[C@H](C)[C@@H](CC(=O)O)C1. The fourth-order valence-electron chi connectivity index (χ4n) is 2.57. The quantitative estimate of drug-likeness (QED) is 0.756. The van der Waals surface area contributed by atoms with Gasteiger partial charge < -0.3 is 5.11 Å². The Morgan fingerprint density at radius 1 is 1.43 bits per heavy atom. The first-order valence-corrected chi connectivity index (χ1v) is 5.72. The largest absolute Gasteiger partial charge is 0.481 e. The van der Waals surface area contributed by atoms with Crippen LogP contribution < -0.4 is 0 Å². The molecule has 14 heavy (non-hydrogen) atoms. The van der Waals surface area contributed by atoms with Crippen LogP contribution in [0.1, 0.15) is 46.5 Å². The van der Waals surface area contributed by atoms with Gasteiger partial charge in [0.15, 0.2) is 0 Å². The van der Waals surface area contributed by atoms with E-state index >= 15 is 0 Å². The third kappa shape index (κ3) is 3.00. The number of carboxylic acids is 1. The van der Waals surface area contributed by atoms with Crippen LogP contribution in [0.5, 0.6) is 0 Å². The second-order valence-corrected chi connectivity index (χ2v) is 5.15. The molecular weight excluding hydrogens is 176 g/mol. The van der Waals surface area contributed by atoms with Gasteiger partial charge in [-0.05, 0) is 36.5 Å². The van der Waals surface area contributed by atoms with Crippen molar-refractivity contribution < 1.29 is 9.90 Å². The van der Waals surface area contributed by atoms with Crippen LogP contribution in [0.2, 0.25) is 0 Å². The number of hydrogen-bond donors (Lipinski definition) is 1. The molecule has 1 N–H and O–H groups in total. The van der Waals surface area contributed by atoms with Crippen molar-refractivity contribution in [2.24, 2.45) is 23.7 Å². The van der Waals surface area contributed by atoms with Crippen molar-refractivity contribution in [1.82, 2.24) is 0 Å². The third-order valence-electron chi connectivity index (χ3n) is 3.78. The zero-order valence-electron chi connectivity index (χ0n) is 9.49. The molecule has 1 fully saturated rings. The highest BCUT2D eigenvalue weighted by molar-refractivity contribution is 5.67. The van der Waals surface area contributed by atoms with Crippen LogP contribution in [-0.2, 0) is 4.79 Å². The van der Waals surface area contributed by atoms with Gasteiger partial charge in [-0.15, -0.1) is 0 Å². The molecule has 1 saturated carbocycles. The van der Waals surface area contributed by atoms with E-state index in [4.69, 9.17) is 5.11 Å². The highest BCUT2D eigenvalue weighted by Gasteiger charge is 2.30. The first-order valence-electron chi connectivity index (χ1n) is 5.72. The minimum absolute atomic E-state index is 0.365. The van der Waals surface area contributed by atoms with Crippen LogP contribution in [0, 0.1) is 23.7 Å². The summed E-state index contributed by atoms with van der Waals surface area (Å²) in [6, 6.07) is 0. The molecule has 2 nitrogen and oxygen atoms in total. The van der Waals surface area contributed by atoms with Gasteiger partial charge in [0, 0.05) is 6.42 Å². The minimum Gasteiger partial charge on any atom is -0.481 e. The van der Waals surface area contributed by atoms with E-state index in [9.17, 15) is 4.79 Å². The number of carbonyl (C=O) groups is 1. The van der Waals surface area contributed by atoms with Crippen LogP contribution in [0.25, 0.3) is 0 Å². The van der Waals surface area contributed by atoms with Gasteiger partial charge in [-0.3, -0.25) is 4.79 Å². The van der Waals surface area contributed by atoms with Crippen molar-refractivity contribution in [2.45, 2.75) is 46.5 Å². The molecule has 0 unspecified atom stereocenters. The average Bonchev–Trinajstić information content (AvgIpc) is 2.07. The van der Waals surface area contributed by atoms with E-state index in [-0.39, 0.29) is 0 Å². The average molecular weight is 198 g/mol. The van der Waals surface area contributed by atoms with Gasteiger partial charge in [-0.1, -0.05) is 27.2 Å². The molecule has 0 aromatic rings. The Morgan fingerprint density at radius 2 is 2.07 bits per heavy atom. The summed E-state index contributed by atoms with van der Waals surface area (Å²) in [5.74, 6) is 1.83. The Morgan fingerprint density at radius 3 is 2.57 bits per heavy atom. The van der Waals surface area contributed by atoms with Gasteiger partial charge in [-0.25, -0.2) is 0 Å². The lowest BCUT2D eigenvalue weighted by atomic mass is 9.70. The molecule has 0 radical (unpaired) electrons. The summed E-state index contributed by atoms with van der Waals surface area (Å²) in [5, 5.41) is 8.81. The molecule has 0 aliphatic heterocycles. The van der Waals surface area contributed by atoms with E-state index in [0.717, 1.165) is 12.3 Å². The fraction of sp³-hybridized carbons (Fsp3) is 0.917. The zero-order valence-corrected chi connectivity index (χ0v) is 9.49. The lowest BCUT2D eigenvalue weighted by molar-refractivity contribution is -0.139. The van der Waals surface area contributed by atoms with Gasteiger partial charge in [0.2, 0.25) is 0 Å². The molecule has 0 amide bonds. The van der Waals surface area contributed by atoms with Crippen molar-refractivity contribution >= 4 is 5.97 Å². The summed E-state index contributed by atoms with van der Waals surface area (Å²) < 4.78 is 0. The lowest BCUT2D eigenvalue weighted by Gasteiger charge is -2.35. The molecule has 1 aliphatic carbocycles. The van der Waals surface area contributed by atoms with Crippen LogP contribution in [0.4, 0.5) is 0 Å². The van der Waals surface area contributed by atoms with Crippen LogP contribution in [0.3, 0.4) is 0 Å². The maximum Gasteiger partial charge on any atom is 0.303 e. The predicted molar refractivity (Wildman–Crippen MR) is 57.1 cm³/mol. The highest BCUT2D eigenvalue weighted by Crippen LogP contribution is 2.38. The maximum absolute atomic E-state index is 10.7. The van der Waals surface area contributed by atoms with Gasteiger partial charge in [-0.2, -0.15) is 0 Å². The first kappa shape index (κ1) is 11.5. The number of hydrogen-bond acceptors (Lipinski definition) is 1. The van der Waals surface area contributed by atoms with Crippen molar-refractivity contribution in [2.75, 3.05) is 0 Å². The Hall–Kier alpha value is -0.530. The predicted octanol–water partition coefficient (Wildman–Crippen LogP) is 3.17. The molecule has 0 aromatic carbocycles. The molecule has 2 heteroatoms. The van der Waals surface area contributed by atoms with E-state index in [1.54, 1.807) is 0 Å². The summed E-state index contributed by atoms with van der Waals surface area (Å²) in [4.78, 5) is 10.7. The standard InChI is InChI=1S/C12H22O2/c1-8(2)10-5-4-9(3)11(6-10)7-12(13)14/h8-11H,4-7H2,1-3H3,(H,13,14)/t9-,10+,11+/m0/s1. The van der Waals surface area contributed by atoms with Crippen molar-refractivity contribution in [3.8, 4) is 0 Å². The molecule has 3 atom stereocenters. The molecule has 1 rings (SSSR count). The Labute approximate surface area is 86.7 Å². The normalized spacial score (nSPS) is 33.3. The highest BCUT2D eigenvalue weighted by atomic mass is 16.4. The first-order chi connectivity index (χ1) is 6.50. The van der Waals surface area contributed by atoms with Crippen molar-refractivity contribution in [3.05, 3.63) is 0 Å². The second kappa shape index (κ2) is 4.81. The monoisotopic (exact) mass is 198 g/mol. The minimum atomic E-state index is -0.633. The van der Waals surface area contributed by atoms with E-state index < -0.39 is 5.97 Å². The van der Waals surface area contributed by atoms with Crippen molar-refractivity contribution in [1.29, 1.82) is 0 Å². The Balaban J connectivity index is 2.50. The Kier molecular flexibility index (Phi) is 3.97. The van der Waals surface area contributed by atoms with Crippen LogP contribution in [0.15, 0.2) is 0 Å². The van der Waals surface area contributed by atoms with Crippen LogP contribution >= 0.6 is 0 Å². The summed E-state index contributed by atoms with van der Waals surface area (Å²) >= 11 is 0. The van der Waals surface area contributed by atoms with Crippen molar-refractivity contribution in [3.63, 3.8) is 0 Å². The molecule has 82 valence electrons. The summed E-state index contributed by atoms with van der Waals surface area (Å²) in [6.07, 6.45) is 3.98. The summed E-state index contributed by atoms with van der Waals surface area (Å²) in [6.45, 7) is 6.70. The molecule has 0 heterocycles. The van der Waals surface area contributed by atoms with Crippen LogP contribution in [-0.4, -0.2) is 11.1 Å². The smallest absolute Gasteiger partial charge is 0.303 e. The molecule has 1 aliphatic rings. The third-order valence-corrected chi connectivity index (χ3v) is 3.78. The second-order valence-electron chi connectivity index (χ2n) is 5.15. The fourth-order valence-corrected chi connectivity index (χ4v) is 2.57. The molecule has 0 bridgehead atoms.